The molecule has 232 valence electrons. The average molecular weight is 616 g/mol. The van der Waals surface area contributed by atoms with Gasteiger partial charge >= 0.3 is 0 Å². The van der Waals surface area contributed by atoms with Gasteiger partial charge in [0.05, 0.1) is 11.6 Å². The van der Waals surface area contributed by atoms with Gasteiger partial charge in [0.15, 0.2) is 5.54 Å². The van der Waals surface area contributed by atoms with Crippen LogP contribution in [0, 0.1) is 23.1 Å². The second-order valence-corrected chi connectivity index (χ2v) is 12.0. The predicted molar refractivity (Wildman–Crippen MR) is 160 cm³/mol. The fraction of sp³-hybridized carbons (Fsp3) is 0.382. The minimum atomic E-state index is -2.71. The van der Waals surface area contributed by atoms with Crippen molar-refractivity contribution in [1.29, 1.82) is 5.26 Å². The molecule has 3 amide bonds. The molecule has 1 saturated carbocycles. The third-order valence-electron chi connectivity index (χ3n) is 9.27. The van der Waals surface area contributed by atoms with E-state index in [4.69, 9.17) is 0 Å². The average Bonchev–Trinajstić information content (AvgIpc) is 3.62. The van der Waals surface area contributed by atoms with Crippen molar-refractivity contribution in [2.24, 2.45) is 5.92 Å². The molecule has 1 aromatic heterocycles. The van der Waals surface area contributed by atoms with Crippen molar-refractivity contribution in [3.05, 3.63) is 89.4 Å². The smallest absolute Gasteiger partial charge is 0.251 e. The first kappa shape index (κ1) is 30.3. The molecule has 2 heterocycles. The van der Waals surface area contributed by atoms with Gasteiger partial charge < -0.3 is 5.32 Å². The summed E-state index contributed by atoms with van der Waals surface area (Å²) < 4.78 is 42.5. The molecule has 1 saturated heterocycles. The summed E-state index contributed by atoms with van der Waals surface area (Å²) in [4.78, 5) is 49.5. The Bertz CT molecular complexity index is 1680. The number of nitrogens with one attached hydrogen (secondary N) is 1. The van der Waals surface area contributed by atoms with Crippen molar-refractivity contribution in [2.45, 2.75) is 68.9 Å². The van der Waals surface area contributed by atoms with Crippen LogP contribution in [0.4, 0.5) is 24.7 Å². The first-order chi connectivity index (χ1) is 21.6. The number of rotatable bonds is 7. The topological polar surface area (TPSA) is 106 Å². The number of nitrogens with zero attached hydrogens (tertiary/aromatic N) is 4. The van der Waals surface area contributed by atoms with Crippen molar-refractivity contribution >= 4 is 29.2 Å². The number of carbonyl (C=O) groups excluding carboxylic acids is 3. The van der Waals surface area contributed by atoms with Crippen LogP contribution in [0.1, 0.15) is 61.6 Å². The summed E-state index contributed by atoms with van der Waals surface area (Å²) in [6.07, 6.45) is 2.21. The van der Waals surface area contributed by atoms with Crippen LogP contribution in [0.3, 0.4) is 0 Å². The van der Waals surface area contributed by atoms with Crippen molar-refractivity contribution in [1.82, 2.24) is 10.3 Å². The van der Waals surface area contributed by atoms with E-state index in [2.05, 4.69) is 10.3 Å². The lowest BCUT2D eigenvalue weighted by Crippen LogP contribution is -2.61. The highest BCUT2D eigenvalue weighted by atomic mass is 19.3. The molecule has 0 bridgehead atoms. The van der Waals surface area contributed by atoms with E-state index in [1.807, 2.05) is 18.2 Å². The molecular weight excluding hydrogens is 583 g/mol. The Kier molecular flexibility index (Phi) is 8.08. The number of carbonyl (C=O) groups is 3. The molecule has 1 aliphatic heterocycles. The third kappa shape index (κ3) is 5.65. The Labute approximate surface area is 258 Å². The van der Waals surface area contributed by atoms with E-state index in [0.29, 0.717) is 12.0 Å². The van der Waals surface area contributed by atoms with Crippen LogP contribution >= 0.6 is 0 Å². The van der Waals surface area contributed by atoms with Crippen LogP contribution in [0.25, 0.3) is 0 Å². The summed E-state index contributed by atoms with van der Waals surface area (Å²) in [5.74, 6) is -4.80. The number of hydrogen-bond acceptors (Lipinski definition) is 5. The fourth-order valence-corrected chi connectivity index (χ4v) is 6.97. The molecule has 0 radical (unpaired) electrons. The van der Waals surface area contributed by atoms with E-state index < -0.39 is 35.1 Å². The number of alkyl halides is 2. The van der Waals surface area contributed by atoms with Gasteiger partial charge in [-0.15, -0.1) is 0 Å². The van der Waals surface area contributed by atoms with Crippen LogP contribution in [-0.4, -0.2) is 41.2 Å². The summed E-state index contributed by atoms with van der Waals surface area (Å²) in [7, 11) is 0. The lowest BCUT2D eigenvalue weighted by Gasteiger charge is -2.43. The molecule has 0 spiro atoms. The number of hydrogen-bond donors (Lipinski definition) is 1. The molecule has 45 heavy (non-hydrogen) atoms. The maximum Gasteiger partial charge on any atom is 0.251 e. The normalized spacial score (nSPS) is 22.5. The first-order valence-corrected chi connectivity index (χ1v) is 15.2. The predicted octanol–water partition coefficient (Wildman–Crippen LogP) is 5.40. The summed E-state index contributed by atoms with van der Waals surface area (Å²) in [5, 5.41) is 12.4. The van der Waals surface area contributed by atoms with Crippen LogP contribution < -0.4 is 15.1 Å². The lowest BCUT2D eigenvalue weighted by molar-refractivity contribution is -0.131. The highest BCUT2D eigenvalue weighted by Gasteiger charge is 2.55. The molecule has 1 N–H and O–H groups in total. The number of amides is 3. The zero-order valence-corrected chi connectivity index (χ0v) is 24.5. The highest BCUT2D eigenvalue weighted by Crippen LogP contribution is 2.46. The summed E-state index contributed by atoms with van der Waals surface area (Å²) >= 11 is 0. The zero-order valence-electron chi connectivity index (χ0n) is 24.5. The molecule has 8 nitrogen and oxygen atoms in total. The number of pyridine rings is 1. The van der Waals surface area contributed by atoms with Gasteiger partial charge in [0.1, 0.15) is 17.7 Å². The van der Waals surface area contributed by atoms with E-state index >= 15 is 0 Å². The second kappa shape index (κ2) is 12.0. The molecule has 2 atom stereocenters. The highest BCUT2D eigenvalue weighted by molar-refractivity contribution is 6.12. The largest absolute Gasteiger partial charge is 0.353 e. The van der Waals surface area contributed by atoms with Gasteiger partial charge in [0.2, 0.25) is 11.8 Å². The molecular formula is C34H32F3N5O3. The Morgan fingerprint density at radius 2 is 1.80 bits per heavy atom. The maximum absolute atomic E-state index is 14.9. The van der Waals surface area contributed by atoms with Crippen LogP contribution in [0.15, 0.2) is 66.9 Å². The number of fused-ring (bicyclic) bond motifs is 1. The SMILES string of the molecule is N#Cc1ccnc(N2C(=O)CC[C@H]2C(=O)N(c2cccc(F)c2)[C@@]2(C(=O)NCC3CCC(F)(F)CC3)CCc3ccccc32)c1. The number of benzene rings is 2. The molecule has 0 unspecified atom stereocenters. The molecule has 2 aliphatic carbocycles. The van der Waals surface area contributed by atoms with Crippen molar-refractivity contribution < 1.29 is 27.6 Å². The van der Waals surface area contributed by atoms with Crippen LogP contribution in [0.5, 0.6) is 0 Å². The molecule has 6 rings (SSSR count). The second-order valence-electron chi connectivity index (χ2n) is 12.0. The molecule has 11 heteroatoms. The fourth-order valence-electron chi connectivity index (χ4n) is 6.97. The summed E-state index contributed by atoms with van der Waals surface area (Å²) in [5.41, 5.74) is 0.216. The minimum absolute atomic E-state index is 0.0357. The van der Waals surface area contributed by atoms with Crippen LogP contribution in [-0.2, 0) is 26.3 Å². The van der Waals surface area contributed by atoms with Gasteiger partial charge in [-0.05, 0) is 79.5 Å². The Morgan fingerprint density at radius 3 is 2.56 bits per heavy atom. The quantitative estimate of drug-likeness (QED) is 0.383. The number of aromatic nitrogens is 1. The van der Waals surface area contributed by atoms with Crippen molar-refractivity contribution in [3.8, 4) is 6.07 Å². The first-order valence-electron chi connectivity index (χ1n) is 15.2. The van der Waals surface area contributed by atoms with E-state index in [1.165, 1.54) is 46.3 Å². The minimum Gasteiger partial charge on any atom is -0.353 e. The van der Waals surface area contributed by atoms with Crippen LogP contribution in [0.2, 0.25) is 0 Å². The van der Waals surface area contributed by atoms with E-state index in [0.717, 1.165) is 5.56 Å². The van der Waals surface area contributed by atoms with Gasteiger partial charge in [-0.2, -0.15) is 5.26 Å². The molecule has 3 aromatic rings. The zero-order chi connectivity index (χ0) is 31.8. The van der Waals surface area contributed by atoms with Gasteiger partial charge in [-0.3, -0.25) is 24.2 Å². The maximum atomic E-state index is 14.9. The third-order valence-corrected chi connectivity index (χ3v) is 9.27. The van der Waals surface area contributed by atoms with Crippen molar-refractivity contribution in [2.75, 3.05) is 16.3 Å². The Hall–Kier alpha value is -4.72. The number of nitriles is 1. The molecule has 2 fully saturated rings. The standard InChI is InChI=1S/C34H32F3N5O3/c35-25-5-3-6-26(19-25)42(31(44)28-8-9-30(43)41(28)29-18-23(20-38)13-17-39-29)34(16-12-24-4-1-2-7-27(24)34)32(45)40-21-22-10-14-33(36,37)15-11-22/h1-7,13,17-19,22,28H,8-12,14-16,21H2,(H,40,45)/t28-,34-/m0/s1. The van der Waals surface area contributed by atoms with Gasteiger partial charge in [-0.25, -0.2) is 18.2 Å². The Morgan fingerprint density at radius 1 is 1.02 bits per heavy atom. The van der Waals surface area contributed by atoms with E-state index in [9.17, 15) is 32.8 Å². The molecule has 3 aliphatic rings. The van der Waals surface area contributed by atoms with Gasteiger partial charge in [0.25, 0.3) is 11.8 Å². The molecule has 2 aromatic carbocycles. The number of aryl methyl sites for hydroxylation is 1. The summed E-state index contributed by atoms with van der Waals surface area (Å²) in [6, 6.07) is 16.5. The lowest BCUT2D eigenvalue weighted by atomic mass is 9.85. The van der Waals surface area contributed by atoms with E-state index in [1.54, 1.807) is 18.2 Å². The number of anilines is 2. The van der Waals surface area contributed by atoms with Crippen molar-refractivity contribution in [3.63, 3.8) is 0 Å². The van der Waals surface area contributed by atoms with Gasteiger partial charge in [0, 0.05) is 37.7 Å². The van der Waals surface area contributed by atoms with Gasteiger partial charge in [-0.1, -0.05) is 30.3 Å². The summed E-state index contributed by atoms with van der Waals surface area (Å²) in [6.45, 7) is 0.156. The Balaban J connectivity index is 1.43. The van der Waals surface area contributed by atoms with E-state index in [-0.39, 0.29) is 80.4 Å². The monoisotopic (exact) mass is 615 g/mol. The number of halogens is 3.